The Bertz CT molecular complexity index is 340. The summed E-state index contributed by atoms with van der Waals surface area (Å²) in [6, 6.07) is 0.791. The van der Waals surface area contributed by atoms with E-state index in [2.05, 4.69) is 10.3 Å². The Morgan fingerprint density at radius 1 is 1.53 bits per heavy atom. The SMILES string of the molecule is CCC(C)(CCl)Nc1ncc(F)cc1F. The van der Waals surface area contributed by atoms with E-state index in [-0.39, 0.29) is 5.82 Å². The molecule has 0 aliphatic carbocycles. The van der Waals surface area contributed by atoms with Gasteiger partial charge < -0.3 is 5.32 Å². The van der Waals surface area contributed by atoms with Gasteiger partial charge >= 0.3 is 0 Å². The lowest BCUT2D eigenvalue weighted by Gasteiger charge is -2.27. The molecule has 15 heavy (non-hydrogen) atoms. The molecule has 84 valence electrons. The lowest BCUT2D eigenvalue weighted by molar-refractivity contribution is 0.531. The quantitative estimate of drug-likeness (QED) is 0.810. The van der Waals surface area contributed by atoms with Gasteiger partial charge in [-0.1, -0.05) is 6.92 Å². The van der Waals surface area contributed by atoms with Gasteiger partial charge in [0.2, 0.25) is 0 Å². The lowest BCUT2D eigenvalue weighted by atomic mass is 10.0. The Morgan fingerprint density at radius 2 is 2.20 bits per heavy atom. The van der Waals surface area contributed by atoms with Gasteiger partial charge in [0.15, 0.2) is 11.6 Å². The van der Waals surface area contributed by atoms with Crippen molar-refractivity contribution in [3.63, 3.8) is 0 Å². The van der Waals surface area contributed by atoms with Crippen molar-refractivity contribution in [1.82, 2.24) is 4.98 Å². The van der Waals surface area contributed by atoms with Gasteiger partial charge in [-0.15, -0.1) is 11.6 Å². The first-order chi connectivity index (χ1) is 7.00. The van der Waals surface area contributed by atoms with Crippen LogP contribution in [-0.2, 0) is 0 Å². The molecule has 0 aliphatic rings. The smallest absolute Gasteiger partial charge is 0.168 e. The number of anilines is 1. The third-order valence-corrected chi connectivity index (χ3v) is 2.89. The standard InChI is InChI=1S/C10H13ClF2N2/c1-3-10(2,6-11)15-9-8(13)4-7(12)5-14-9/h4-5H,3,6H2,1-2H3,(H,14,15). The number of alkyl halides is 1. The normalized spacial score (nSPS) is 14.7. The van der Waals surface area contributed by atoms with E-state index in [0.717, 1.165) is 18.7 Å². The Kier molecular flexibility index (Phi) is 3.85. The summed E-state index contributed by atoms with van der Waals surface area (Å²) in [5, 5.41) is 2.87. The second kappa shape index (κ2) is 4.75. The highest BCUT2D eigenvalue weighted by Crippen LogP contribution is 2.20. The van der Waals surface area contributed by atoms with Crippen LogP contribution in [-0.4, -0.2) is 16.4 Å². The molecule has 1 aromatic heterocycles. The molecule has 0 fully saturated rings. The van der Waals surface area contributed by atoms with Crippen molar-refractivity contribution in [3.05, 3.63) is 23.9 Å². The average Bonchev–Trinajstić information content (AvgIpc) is 2.22. The summed E-state index contributed by atoms with van der Waals surface area (Å²) >= 11 is 5.76. The minimum atomic E-state index is -0.709. The average molecular weight is 235 g/mol. The topological polar surface area (TPSA) is 24.9 Å². The number of hydrogen-bond acceptors (Lipinski definition) is 2. The van der Waals surface area contributed by atoms with E-state index >= 15 is 0 Å². The summed E-state index contributed by atoms with van der Waals surface area (Å²) in [4.78, 5) is 3.64. The van der Waals surface area contributed by atoms with Crippen LogP contribution in [0.4, 0.5) is 14.6 Å². The summed E-state index contributed by atoms with van der Waals surface area (Å²) in [7, 11) is 0. The molecule has 0 saturated carbocycles. The number of nitrogens with zero attached hydrogens (tertiary/aromatic N) is 1. The zero-order valence-corrected chi connectivity index (χ0v) is 9.41. The zero-order valence-electron chi connectivity index (χ0n) is 8.65. The first-order valence-corrected chi connectivity index (χ1v) is 5.19. The molecule has 0 saturated heterocycles. The second-order valence-electron chi connectivity index (χ2n) is 3.66. The highest BCUT2D eigenvalue weighted by Gasteiger charge is 2.22. The van der Waals surface area contributed by atoms with E-state index in [0.29, 0.717) is 5.88 Å². The third kappa shape index (κ3) is 3.02. The van der Waals surface area contributed by atoms with Crippen molar-refractivity contribution in [1.29, 1.82) is 0 Å². The molecular weight excluding hydrogens is 222 g/mol. The van der Waals surface area contributed by atoms with Crippen LogP contribution in [0, 0.1) is 11.6 Å². The minimum Gasteiger partial charge on any atom is -0.361 e. The van der Waals surface area contributed by atoms with Gasteiger partial charge in [0.05, 0.1) is 6.20 Å². The molecule has 1 rings (SSSR count). The zero-order chi connectivity index (χ0) is 11.5. The fraction of sp³-hybridized carbons (Fsp3) is 0.500. The summed E-state index contributed by atoms with van der Waals surface area (Å²) in [6.07, 6.45) is 1.69. The second-order valence-corrected chi connectivity index (χ2v) is 3.92. The van der Waals surface area contributed by atoms with Gasteiger partial charge in [0.25, 0.3) is 0 Å². The van der Waals surface area contributed by atoms with Crippen molar-refractivity contribution < 1.29 is 8.78 Å². The van der Waals surface area contributed by atoms with Crippen LogP contribution >= 0.6 is 11.6 Å². The largest absolute Gasteiger partial charge is 0.361 e. The number of pyridine rings is 1. The highest BCUT2D eigenvalue weighted by atomic mass is 35.5. The molecule has 2 nitrogen and oxygen atoms in total. The van der Waals surface area contributed by atoms with E-state index in [9.17, 15) is 8.78 Å². The predicted molar refractivity (Wildman–Crippen MR) is 57.2 cm³/mol. The Hall–Kier alpha value is -0.900. The number of halogens is 3. The van der Waals surface area contributed by atoms with Gasteiger partial charge in [0, 0.05) is 17.5 Å². The molecule has 0 aromatic carbocycles. The van der Waals surface area contributed by atoms with Crippen LogP contribution in [0.15, 0.2) is 12.3 Å². The van der Waals surface area contributed by atoms with E-state index in [1.165, 1.54) is 0 Å². The first-order valence-electron chi connectivity index (χ1n) is 4.66. The fourth-order valence-electron chi connectivity index (χ4n) is 1.01. The molecule has 0 radical (unpaired) electrons. The number of aromatic nitrogens is 1. The van der Waals surface area contributed by atoms with Crippen molar-refractivity contribution in [2.75, 3.05) is 11.2 Å². The summed E-state index contributed by atoms with van der Waals surface area (Å²) < 4.78 is 25.8. The van der Waals surface area contributed by atoms with Crippen molar-refractivity contribution in [2.24, 2.45) is 0 Å². The third-order valence-electron chi connectivity index (χ3n) is 2.30. The summed E-state index contributed by atoms with van der Waals surface area (Å²) in [5.41, 5.74) is -0.437. The Morgan fingerprint density at radius 3 is 2.67 bits per heavy atom. The maximum atomic E-state index is 13.2. The van der Waals surface area contributed by atoms with Crippen molar-refractivity contribution in [2.45, 2.75) is 25.8 Å². The number of rotatable bonds is 4. The molecule has 0 amide bonds. The van der Waals surface area contributed by atoms with E-state index < -0.39 is 17.2 Å². The van der Waals surface area contributed by atoms with E-state index in [1.54, 1.807) is 0 Å². The monoisotopic (exact) mass is 234 g/mol. The summed E-state index contributed by atoms with van der Waals surface area (Å²) in [5.74, 6) is -1.05. The molecule has 1 aromatic rings. The van der Waals surface area contributed by atoms with Gasteiger partial charge in [-0.25, -0.2) is 13.8 Å². The molecule has 1 N–H and O–H groups in total. The maximum absolute atomic E-state index is 13.2. The van der Waals surface area contributed by atoms with Crippen LogP contribution in [0.25, 0.3) is 0 Å². The lowest BCUT2D eigenvalue weighted by Crippen LogP contribution is -2.36. The van der Waals surface area contributed by atoms with Crippen LogP contribution in [0.2, 0.25) is 0 Å². The number of hydrogen-bond donors (Lipinski definition) is 1. The molecule has 0 bridgehead atoms. The van der Waals surface area contributed by atoms with E-state index in [1.807, 2.05) is 13.8 Å². The molecule has 1 atom stereocenters. The maximum Gasteiger partial charge on any atom is 0.168 e. The molecule has 0 aliphatic heterocycles. The van der Waals surface area contributed by atoms with Crippen LogP contribution in [0.5, 0.6) is 0 Å². The van der Waals surface area contributed by atoms with Gasteiger partial charge in [-0.3, -0.25) is 0 Å². The minimum absolute atomic E-state index is 0.0291. The van der Waals surface area contributed by atoms with Crippen LogP contribution < -0.4 is 5.32 Å². The Labute approximate surface area is 92.7 Å². The van der Waals surface area contributed by atoms with Gasteiger partial charge in [0.1, 0.15) is 5.82 Å². The molecule has 5 heteroatoms. The Balaban J connectivity index is 2.89. The first kappa shape index (κ1) is 12.2. The van der Waals surface area contributed by atoms with Crippen LogP contribution in [0.1, 0.15) is 20.3 Å². The molecule has 1 unspecified atom stereocenters. The van der Waals surface area contributed by atoms with Gasteiger partial charge in [-0.2, -0.15) is 0 Å². The van der Waals surface area contributed by atoms with Crippen molar-refractivity contribution >= 4 is 17.4 Å². The molecule has 1 heterocycles. The summed E-state index contributed by atoms with van der Waals surface area (Å²) in [6.45, 7) is 3.78. The predicted octanol–water partition coefficient (Wildman–Crippen LogP) is 3.18. The number of nitrogens with one attached hydrogen (secondary N) is 1. The van der Waals surface area contributed by atoms with E-state index in [4.69, 9.17) is 11.6 Å². The van der Waals surface area contributed by atoms with Crippen LogP contribution in [0.3, 0.4) is 0 Å². The van der Waals surface area contributed by atoms with Gasteiger partial charge in [-0.05, 0) is 13.3 Å². The highest BCUT2D eigenvalue weighted by molar-refractivity contribution is 6.18. The molecular formula is C10H13ClF2N2. The van der Waals surface area contributed by atoms with Crippen molar-refractivity contribution in [3.8, 4) is 0 Å². The molecule has 0 spiro atoms. The fourth-order valence-corrected chi connectivity index (χ4v) is 1.26.